The third-order valence-electron chi connectivity index (χ3n) is 2.15. The van der Waals surface area contributed by atoms with Crippen molar-refractivity contribution in [2.24, 2.45) is 4.99 Å². The highest BCUT2D eigenvalue weighted by Gasteiger charge is 2.14. The normalized spacial score (nSPS) is 10.7. The van der Waals surface area contributed by atoms with E-state index >= 15 is 0 Å². The molecule has 7 nitrogen and oxygen atoms in total. The van der Waals surface area contributed by atoms with Gasteiger partial charge in [0.05, 0.1) is 10.6 Å². The molecule has 0 radical (unpaired) electrons. The Hall–Kier alpha value is -2.40. The molecule has 1 aromatic carbocycles. The molecule has 0 fully saturated rings. The van der Waals surface area contributed by atoms with Crippen molar-refractivity contribution >= 4 is 34.1 Å². The van der Waals surface area contributed by atoms with Crippen molar-refractivity contribution in [1.82, 2.24) is 5.32 Å². The Balaban J connectivity index is 3.32. The molecule has 0 aliphatic carbocycles. The lowest BCUT2D eigenvalue weighted by Gasteiger charge is -2.04. The minimum absolute atomic E-state index is 0.139. The second kappa shape index (κ2) is 6.51. The summed E-state index contributed by atoms with van der Waals surface area (Å²) in [5, 5.41) is 21.9. The molecule has 1 rings (SSSR count). The van der Waals surface area contributed by atoms with Crippen LogP contribution in [0.2, 0.25) is 0 Å². The first kappa shape index (κ1) is 14.7. The summed E-state index contributed by atoms with van der Waals surface area (Å²) in [6.07, 6.45) is 3.43. The molecule has 1 N–H and O–H groups in total. The van der Waals surface area contributed by atoms with E-state index in [0.717, 1.165) is 0 Å². The lowest BCUT2D eigenvalue weighted by molar-refractivity contribution is -0.384. The molecule has 98 valence electrons. The Morgan fingerprint density at radius 3 is 2.74 bits per heavy atom. The molecule has 0 bridgehead atoms. The predicted octanol–water partition coefficient (Wildman–Crippen LogP) is 2.22. The van der Waals surface area contributed by atoms with Gasteiger partial charge >= 0.3 is 0 Å². The van der Waals surface area contributed by atoms with E-state index in [-0.39, 0.29) is 22.7 Å². The summed E-state index contributed by atoms with van der Waals surface area (Å²) < 4.78 is 0. The van der Waals surface area contributed by atoms with Crippen LogP contribution < -0.4 is 5.32 Å². The molecule has 0 saturated heterocycles. The molecular weight excluding hydrogens is 268 g/mol. The molecule has 8 heteroatoms. The predicted molar refractivity (Wildman–Crippen MR) is 72.5 cm³/mol. The quantitative estimate of drug-likeness (QED) is 0.173. The Labute approximate surface area is 113 Å². The zero-order chi connectivity index (χ0) is 14.4. The topological polar surface area (TPSA) is 108 Å². The summed E-state index contributed by atoms with van der Waals surface area (Å²) in [5.74, 6) is -0.333. The lowest BCUT2D eigenvalue weighted by Crippen LogP contribution is -2.12. The number of carbonyl (C=O) groups excluding carboxylic acids is 1. The van der Waals surface area contributed by atoms with Gasteiger partial charge in [-0.1, -0.05) is 11.8 Å². The summed E-state index contributed by atoms with van der Waals surface area (Å²) >= 11 is 1.19. The number of nitrogens with one attached hydrogen (secondary N) is 1. The van der Waals surface area contributed by atoms with Crippen molar-refractivity contribution in [3.8, 4) is 6.19 Å². The van der Waals surface area contributed by atoms with E-state index in [0.29, 0.717) is 5.17 Å². The number of hydrogen-bond donors (Lipinski definition) is 1. The average Bonchev–Trinajstić information content (AvgIpc) is 2.37. The van der Waals surface area contributed by atoms with Gasteiger partial charge in [-0.15, -0.1) is 0 Å². The van der Waals surface area contributed by atoms with Gasteiger partial charge in [0.25, 0.3) is 5.69 Å². The number of non-ortho nitro benzene ring substituents is 1. The number of ketones is 1. The van der Waals surface area contributed by atoms with Crippen molar-refractivity contribution in [2.75, 3.05) is 6.26 Å². The minimum Gasteiger partial charge on any atom is -0.294 e. The number of aliphatic imine (C=N–C) groups is 1. The molecule has 0 heterocycles. The first-order valence-electron chi connectivity index (χ1n) is 5.06. The maximum atomic E-state index is 11.5. The van der Waals surface area contributed by atoms with E-state index < -0.39 is 4.92 Å². The molecule has 0 atom stereocenters. The van der Waals surface area contributed by atoms with Crippen molar-refractivity contribution in [3.63, 3.8) is 0 Å². The summed E-state index contributed by atoms with van der Waals surface area (Å²) in [6, 6.07) is 3.81. The number of rotatable bonds is 3. The largest absolute Gasteiger partial charge is 0.294 e. The Kier molecular flexibility index (Phi) is 5.02. The fourth-order valence-electron chi connectivity index (χ4n) is 1.30. The monoisotopic (exact) mass is 278 g/mol. The molecule has 0 saturated carbocycles. The van der Waals surface area contributed by atoms with Crippen LogP contribution in [0.25, 0.3) is 0 Å². The van der Waals surface area contributed by atoms with Crippen molar-refractivity contribution in [2.45, 2.75) is 6.92 Å². The maximum absolute atomic E-state index is 11.5. The maximum Gasteiger partial charge on any atom is 0.270 e. The SMILES string of the molecule is CSC(=Nc1ccc([N+](=O)[O-])cc1C(C)=O)NC#N. The summed E-state index contributed by atoms with van der Waals surface area (Å²) in [7, 11) is 0. The van der Waals surface area contributed by atoms with E-state index in [1.807, 2.05) is 0 Å². The van der Waals surface area contributed by atoms with Gasteiger partial charge in [0.1, 0.15) is 0 Å². The zero-order valence-corrected chi connectivity index (χ0v) is 11.0. The van der Waals surface area contributed by atoms with Gasteiger partial charge in [-0.3, -0.25) is 20.2 Å². The number of hydrogen-bond acceptors (Lipinski definition) is 6. The number of benzene rings is 1. The highest BCUT2D eigenvalue weighted by molar-refractivity contribution is 8.13. The molecule has 0 spiro atoms. The number of Topliss-reactive ketones (excluding diaryl/α,β-unsaturated/α-hetero) is 1. The Morgan fingerprint density at radius 1 is 1.58 bits per heavy atom. The standard InChI is InChI=1S/C11H10N4O3S/c1-7(16)9-5-8(15(17)18)3-4-10(9)14-11(19-2)13-6-12/h3-5H,1-2H3,(H,13,14). The number of thioether (sulfide) groups is 1. The van der Waals surface area contributed by atoms with Crippen LogP contribution >= 0.6 is 11.8 Å². The average molecular weight is 278 g/mol. The molecule has 0 amide bonds. The van der Waals surface area contributed by atoms with Gasteiger partial charge in [0, 0.05) is 17.7 Å². The summed E-state index contributed by atoms with van der Waals surface area (Å²) in [6.45, 7) is 1.30. The molecule has 0 aliphatic rings. The van der Waals surface area contributed by atoms with E-state index in [1.54, 1.807) is 12.4 Å². The van der Waals surface area contributed by atoms with Crippen LogP contribution in [-0.4, -0.2) is 22.1 Å². The fourth-order valence-corrected chi connectivity index (χ4v) is 1.64. The third kappa shape index (κ3) is 3.79. The number of nitriles is 1. The lowest BCUT2D eigenvalue weighted by atomic mass is 10.1. The first-order valence-corrected chi connectivity index (χ1v) is 6.29. The van der Waals surface area contributed by atoms with Crippen LogP contribution in [0.5, 0.6) is 0 Å². The Bertz CT molecular complexity index is 592. The second-order valence-electron chi connectivity index (χ2n) is 3.37. The molecule has 0 aliphatic heterocycles. The van der Waals surface area contributed by atoms with Gasteiger partial charge < -0.3 is 0 Å². The Morgan fingerprint density at radius 2 is 2.26 bits per heavy atom. The molecular formula is C11H10N4O3S. The summed E-state index contributed by atoms with van der Waals surface area (Å²) in [4.78, 5) is 25.7. The summed E-state index contributed by atoms with van der Waals surface area (Å²) in [5.41, 5.74) is 0.244. The van der Waals surface area contributed by atoms with Crippen LogP contribution in [0.15, 0.2) is 23.2 Å². The van der Waals surface area contributed by atoms with Crippen LogP contribution in [0.4, 0.5) is 11.4 Å². The van der Waals surface area contributed by atoms with Crippen molar-refractivity contribution in [1.29, 1.82) is 5.26 Å². The van der Waals surface area contributed by atoms with Crippen LogP contribution in [0.1, 0.15) is 17.3 Å². The highest BCUT2D eigenvalue weighted by Crippen LogP contribution is 2.25. The van der Waals surface area contributed by atoms with Crippen LogP contribution in [0, 0.1) is 21.6 Å². The number of nitro groups is 1. The third-order valence-corrected chi connectivity index (χ3v) is 2.73. The number of carbonyl (C=O) groups is 1. The molecule has 19 heavy (non-hydrogen) atoms. The molecule has 0 unspecified atom stereocenters. The number of nitrogens with zero attached hydrogens (tertiary/aromatic N) is 3. The van der Waals surface area contributed by atoms with Gasteiger partial charge in [-0.05, 0) is 19.2 Å². The van der Waals surface area contributed by atoms with Gasteiger partial charge in [0.2, 0.25) is 0 Å². The smallest absolute Gasteiger partial charge is 0.270 e. The highest BCUT2D eigenvalue weighted by atomic mass is 32.2. The number of amidine groups is 1. The van der Waals surface area contributed by atoms with Gasteiger partial charge in [-0.2, -0.15) is 5.26 Å². The van der Waals surface area contributed by atoms with Crippen molar-refractivity contribution < 1.29 is 9.72 Å². The van der Waals surface area contributed by atoms with Gasteiger partial charge in [0.15, 0.2) is 17.1 Å². The van der Waals surface area contributed by atoms with Crippen LogP contribution in [0.3, 0.4) is 0 Å². The number of nitro benzene ring substituents is 1. The molecule has 1 aromatic rings. The minimum atomic E-state index is -0.580. The first-order chi connectivity index (χ1) is 8.99. The molecule has 0 aromatic heterocycles. The van der Waals surface area contributed by atoms with E-state index in [9.17, 15) is 14.9 Å². The van der Waals surface area contributed by atoms with Gasteiger partial charge in [-0.25, -0.2) is 4.99 Å². The second-order valence-corrected chi connectivity index (χ2v) is 4.17. The van der Waals surface area contributed by atoms with Crippen LogP contribution in [-0.2, 0) is 0 Å². The zero-order valence-electron chi connectivity index (χ0n) is 10.2. The van der Waals surface area contributed by atoms with E-state index in [2.05, 4.69) is 10.3 Å². The fraction of sp³-hybridized carbons (Fsp3) is 0.182. The van der Waals surface area contributed by atoms with Crippen molar-refractivity contribution in [3.05, 3.63) is 33.9 Å². The van der Waals surface area contributed by atoms with E-state index in [1.165, 1.54) is 36.9 Å². The van der Waals surface area contributed by atoms with E-state index in [4.69, 9.17) is 5.26 Å².